The van der Waals surface area contributed by atoms with Crippen LogP contribution in [0.1, 0.15) is 24.3 Å². The van der Waals surface area contributed by atoms with E-state index in [0.717, 1.165) is 24.5 Å². The molecule has 0 aliphatic carbocycles. The van der Waals surface area contributed by atoms with Gasteiger partial charge >= 0.3 is 0 Å². The monoisotopic (exact) mass is 206 g/mol. The number of rotatable bonds is 2. The quantitative estimate of drug-likeness (QED) is 0.725. The van der Waals surface area contributed by atoms with Crippen LogP contribution in [0.4, 0.5) is 5.69 Å². The number of nitrogen functional groups attached to an aromatic ring is 1. The zero-order chi connectivity index (χ0) is 10.7. The third-order valence-corrected chi connectivity index (χ3v) is 3.06. The van der Waals surface area contributed by atoms with E-state index in [1.165, 1.54) is 18.4 Å². The first-order valence-electron chi connectivity index (χ1n) is 5.46. The summed E-state index contributed by atoms with van der Waals surface area (Å²) in [6.45, 7) is 2.17. The van der Waals surface area contributed by atoms with Crippen molar-refractivity contribution >= 4 is 5.69 Å². The minimum absolute atomic E-state index is 0.588. The molecular weight excluding hydrogens is 188 g/mol. The highest BCUT2D eigenvalue weighted by molar-refractivity contribution is 5.57. The number of ether oxygens (including phenoxy) is 1. The van der Waals surface area contributed by atoms with E-state index in [2.05, 4.69) is 11.4 Å². The van der Waals surface area contributed by atoms with Gasteiger partial charge in [0.05, 0.1) is 12.8 Å². The maximum Gasteiger partial charge on any atom is 0.145 e. The van der Waals surface area contributed by atoms with Crippen LogP contribution in [0.5, 0.6) is 5.75 Å². The Morgan fingerprint density at radius 1 is 1.33 bits per heavy atom. The van der Waals surface area contributed by atoms with Crippen LogP contribution in [-0.4, -0.2) is 20.2 Å². The molecule has 82 valence electrons. The van der Waals surface area contributed by atoms with Gasteiger partial charge in [-0.1, -0.05) is 12.1 Å². The van der Waals surface area contributed by atoms with Gasteiger partial charge in [0, 0.05) is 0 Å². The zero-order valence-corrected chi connectivity index (χ0v) is 9.12. The fourth-order valence-corrected chi connectivity index (χ4v) is 2.26. The first kappa shape index (κ1) is 10.3. The summed E-state index contributed by atoms with van der Waals surface area (Å²) < 4.78 is 5.38. The maximum atomic E-state index is 5.90. The predicted octanol–water partition coefficient (Wildman–Crippen LogP) is 1.74. The highest BCUT2D eigenvalue weighted by Gasteiger charge is 2.19. The van der Waals surface area contributed by atoms with Crippen LogP contribution in [-0.2, 0) is 0 Å². The van der Waals surface area contributed by atoms with Crippen molar-refractivity contribution in [3.8, 4) is 5.75 Å². The van der Waals surface area contributed by atoms with Crippen LogP contribution in [0.25, 0.3) is 0 Å². The van der Waals surface area contributed by atoms with Crippen LogP contribution in [0.3, 0.4) is 0 Å². The molecule has 1 aliphatic rings. The molecule has 0 atom stereocenters. The number of anilines is 1. The second-order valence-electron chi connectivity index (χ2n) is 3.99. The molecule has 1 saturated heterocycles. The van der Waals surface area contributed by atoms with Crippen molar-refractivity contribution in [1.82, 2.24) is 5.32 Å². The summed E-state index contributed by atoms with van der Waals surface area (Å²) in [5.41, 5.74) is 7.90. The van der Waals surface area contributed by atoms with Gasteiger partial charge in [0.1, 0.15) is 5.75 Å². The van der Waals surface area contributed by atoms with E-state index in [9.17, 15) is 0 Å². The molecule has 2 rings (SSSR count). The van der Waals surface area contributed by atoms with Gasteiger partial charge in [-0.2, -0.15) is 0 Å². The number of methoxy groups -OCH3 is 1. The zero-order valence-electron chi connectivity index (χ0n) is 9.12. The molecule has 1 fully saturated rings. The van der Waals surface area contributed by atoms with Crippen molar-refractivity contribution in [3.05, 3.63) is 23.8 Å². The normalized spacial score (nSPS) is 17.7. The Hall–Kier alpha value is -1.22. The van der Waals surface area contributed by atoms with Gasteiger partial charge in [-0.05, 0) is 43.5 Å². The molecule has 3 nitrogen and oxygen atoms in total. The van der Waals surface area contributed by atoms with E-state index in [1.807, 2.05) is 12.1 Å². The van der Waals surface area contributed by atoms with Gasteiger partial charge in [-0.15, -0.1) is 0 Å². The maximum absolute atomic E-state index is 5.90. The molecule has 1 aliphatic heterocycles. The summed E-state index contributed by atoms with van der Waals surface area (Å²) >= 11 is 0. The van der Waals surface area contributed by atoms with Gasteiger partial charge in [0.25, 0.3) is 0 Å². The van der Waals surface area contributed by atoms with Gasteiger partial charge in [-0.25, -0.2) is 0 Å². The molecule has 0 unspecified atom stereocenters. The molecule has 3 heteroatoms. The standard InChI is InChI=1S/C12H18N2O/c1-15-12-10(3-2-4-11(12)13)9-5-7-14-8-6-9/h2-4,9,14H,5-8,13H2,1H3. The third-order valence-electron chi connectivity index (χ3n) is 3.06. The van der Waals surface area contributed by atoms with E-state index < -0.39 is 0 Å². The smallest absolute Gasteiger partial charge is 0.145 e. The number of hydrogen-bond acceptors (Lipinski definition) is 3. The fourth-order valence-electron chi connectivity index (χ4n) is 2.26. The Labute approximate surface area is 90.6 Å². The lowest BCUT2D eigenvalue weighted by atomic mass is 9.89. The highest BCUT2D eigenvalue weighted by Crippen LogP contribution is 2.35. The number of nitrogens with two attached hydrogens (primary N) is 1. The summed E-state index contributed by atoms with van der Waals surface area (Å²) in [4.78, 5) is 0. The summed E-state index contributed by atoms with van der Waals surface area (Å²) in [7, 11) is 1.69. The first-order valence-corrected chi connectivity index (χ1v) is 5.46. The van der Waals surface area contributed by atoms with E-state index in [1.54, 1.807) is 7.11 Å². The van der Waals surface area contributed by atoms with Crippen LogP contribution >= 0.6 is 0 Å². The second kappa shape index (κ2) is 4.53. The lowest BCUT2D eigenvalue weighted by Crippen LogP contribution is -2.26. The summed E-state index contributed by atoms with van der Waals surface area (Å²) in [6, 6.07) is 6.03. The summed E-state index contributed by atoms with van der Waals surface area (Å²) in [5, 5.41) is 3.36. The molecule has 15 heavy (non-hydrogen) atoms. The van der Waals surface area contributed by atoms with E-state index in [4.69, 9.17) is 10.5 Å². The first-order chi connectivity index (χ1) is 7.33. The average Bonchev–Trinajstić information content (AvgIpc) is 2.30. The van der Waals surface area contributed by atoms with Crippen LogP contribution in [0, 0.1) is 0 Å². The molecule has 0 amide bonds. The molecule has 1 aromatic carbocycles. The van der Waals surface area contributed by atoms with Crippen molar-refractivity contribution in [2.45, 2.75) is 18.8 Å². The number of benzene rings is 1. The number of hydrogen-bond donors (Lipinski definition) is 2. The summed E-state index contributed by atoms with van der Waals surface area (Å²) in [5.74, 6) is 1.45. The van der Waals surface area contributed by atoms with Crippen LogP contribution < -0.4 is 15.8 Å². The van der Waals surface area contributed by atoms with E-state index >= 15 is 0 Å². The van der Waals surface area contributed by atoms with Crippen molar-refractivity contribution in [2.75, 3.05) is 25.9 Å². The minimum Gasteiger partial charge on any atom is -0.494 e. The van der Waals surface area contributed by atoms with Crippen molar-refractivity contribution in [2.24, 2.45) is 0 Å². The molecule has 1 aromatic rings. The Bertz CT molecular complexity index is 332. The van der Waals surface area contributed by atoms with E-state index in [0.29, 0.717) is 5.92 Å². The number of para-hydroxylation sites is 1. The van der Waals surface area contributed by atoms with Crippen molar-refractivity contribution in [3.63, 3.8) is 0 Å². The van der Waals surface area contributed by atoms with Crippen LogP contribution in [0.2, 0.25) is 0 Å². The predicted molar refractivity (Wildman–Crippen MR) is 62.3 cm³/mol. The van der Waals surface area contributed by atoms with E-state index in [-0.39, 0.29) is 0 Å². The lowest BCUT2D eigenvalue weighted by molar-refractivity contribution is 0.393. The van der Waals surface area contributed by atoms with Gasteiger partial charge < -0.3 is 15.8 Å². The number of piperidine rings is 1. The van der Waals surface area contributed by atoms with Gasteiger partial charge in [0.2, 0.25) is 0 Å². The lowest BCUT2D eigenvalue weighted by Gasteiger charge is -2.25. The molecule has 1 heterocycles. The molecule has 0 aromatic heterocycles. The SMILES string of the molecule is COc1c(N)cccc1C1CCNCC1. The molecule has 0 spiro atoms. The summed E-state index contributed by atoms with van der Waals surface area (Å²) in [6.07, 6.45) is 2.33. The Balaban J connectivity index is 2.29. The molecule has 0 radical (unpaired) electrons. The highest BCUT2D eigenvalue weighted by atomic mass is 16.5. The minimum atomic E-state index is 0.588. The van der Waals surface area contributed by atoms with Crippen molar-refractivity contribution in [1.29, 1.82) is 0 Å². The Kier molecular flexibility index (Phi) is 3.11. The topological polar surface area (TPSA) is 47.3 Å². The molecule has 0 bridgehead atoms. The van der Waals surface area contributed by atoms with Gasteiger partial charge in [0.15, 0.2) is 0 Å². The largest absolute Gasteiger partial charge is 0.494 e. The van der Waals surface area contributed by atoms with Gasteiger partial charge in [-0.3, -0.25) is 0 Å². The van der Waals surface area contributed by atoms with Crippen molar-refractivity contribution < 1.29 is 4.74 Å². The third kappa shape index (κ3) is 2.07. The van der Waals surface area contributed by atoms with Crippen LogP contribution in [0.15, 0.2) is 18.2 Å². The average molecular weight is 206 g/mol. The fraction of sp³-hybridized carbons (Fsp3) is 0.500. The Morgan fingerprint density at radius 2 is 2.07 bits per heavy atom. The molecule has 3 N–H and O–H groups in total. The molecule has 0 saturated carbocycles. The second-order valence-corrected chi connectivity index (χ2v) is 3.99. The Morgan fingerprint density at radius 3 is 2.73 bits per heavy atom. The molecular formula is C12H18N2O. The number of nitrogens with one attached hydrogen (secondary N) is 1.